The van der Waals surface area contributed by atoms with Crippen LogP contribution < -0.4 is 14.6 Å². The molecule has 3 aromatic rings. The third-order valence-corrected chi connectivity index (χ3v) is 7.11. The highest BCUT2D eigenvalue weighted by Crippen LogP contribution is 2.39. The Morgan fingerprint density at radius 2 is 1.81 bits per heavy atom. The Balaban J connectivity index is 1.47. The first-order chi connectivity index (χ1) is 17.5. The van der Waals surface area contributed by atoms with Gasteiger partial charge >= 0.3 is 0 Å². The normalized spacial score (nSPS) is 17.9. The number of hydrogen-bond donors (Lipinski definition) is 1. The van der Waals surface area contributed by atoms with Gasteiger partial charge in [0.15, 0.2) is 0 Å². The zero-order valence-corrected chi connectivity index (χ0v) is 20.9. The molecule has 36 heavy (non-hydrogen) atoms. The second-order valence-electron chi connectivity index (χ2n) is 9.27. The molecule has 1 amide bonds. The van der Waals surface area contributed by atoms with Gasteiger partial charge in [-0.1, -0.05) is 24.3 Å². The summed E-state index contributed by atoms with van der Waals surface area (Å²) in [6.07, 6.45) is 1.58. The van der Waals surface area contributed by atoms with Crippen molar-refractivity contribution in [3.05, 3.63) is 83.4 Å². The van der Waals surface area contributed by atoms with Crippen molar-refractivity contribution >= 4 is 17.3 Å². The van der Waals surface area contributed by atoms with Crippen molar-refractivity contribution in [2.45, 2.75) is 25.8 Å². The number of phenolic OH excluding ortho intramolecular Hbond substituents is 1. The largest absolute Gasteiger partial charge is 0.508 e. The van der Waals surface area contributed by atoms with Crippen molar-refractivity contribution in [1.29, 1.82) is 0 Å². The lowest BCUT2D eigenvalue weighted by molar-refractivity contribution is -0.120. The van der Waals surface area contributed by atoms with E-state index >= 15 is 0 Å². The molecule has 0 spiro atoms. The molecule has 0 aromatic heterocycles. The van der Waals surface area contributed by atoms with Crippen molar-refractivity contribution in [3.8, 4) is 11.5 Å². The number of hydrogen-bond acceptors (Lipinski definition) is 6. The molecular weight excluding hydrogens is 454 g/mol. The molecule has 188 valence electrons. The minimum absolute atomic E-state index is 0.0112. The van der Waals surface area contributed by atoms with Crippen LogP contribution in [-0.2, 0) is 22.4 Å². The van der Waals surface area contributed by atoms with Gasteiger partial charge in [-0.25, -0.2) is 10.0 Å². The standard InChI is InChI=1S/C29H33N3O4/c1-21(33)32(30-15-17-36-18-16-30)25-9-7-24(8-10-25)31-14-13-22-19-26(35-2)11-12-27(22)28(31)20-23-5-3-4-6-29(23)34/h3-12,19,28,34H,13-18,20H2,1-2H3. The minimum Gasteiger partial charge on any atom is -0.508 e. The molecule has 3 aromatic carbocycles. The number of methoxy groups -OCH3 is 1. The van der Waals surface area contributed by atoms with Crippen LogP contribution >= 0.6 is 0 Å². The van der Waals surface area contributed by atoms with E-state index in [-0.39, 0.29) is 11.9 Å². The predicted molar refractivity (Wildman–Crippen MR) is 141 cm³/mol. The van der Waals surface area contributed by atoms with Crippen molar-refractivity contribution in [3.63, 3.8) is 0 Å². The fraction of sp³-hybridized carbons (Fsp3) is 0.345. The van der Waals surface area contributed by atoms with Crippen LogP contribution in [0.2, 0.25) is 0 Å². The van der Waals surface area contributed by atoms with Crippen LogP contribution in [0.1, 0.15) is 29.7 Å². The first-order valence-corrected chi connectivity index (χ1v) is 12.5. The maximum atomic E-state index is 12.5. The number of aromatic hydroxyl groups is 1. The molecule has 0 saturated carbocycles. The number of morpholine rings is 1. The number of fused-ring (bicyclic) bond motifs is 1. The summed E-state index contributed by atoms with van der Waals surface area (Å²) in [5, 5.41) is 14.3. The summed E-state index contributed by atoms with van der Waals surface area (Å²) in [5.41, 5.74) is 5.38. The number of para-hydroxylation sites is 1. The lowest BCUT2D eigenvalue weighted by atomic mass is 9.88. The topological polar surface area (TPSA) is 65.5 Å². The second-order valence-corrected chi connectivity index (χ2v) is 9.27. The number of hydrazine groups is 1. The minimum atomic E-state index is -0.0112. The number of benzene rings is 3. The monoisotopic (exact) mass is 487 g/mol. The summed E-state index contributed by atoms with van der Waals surface area (Å²) in [4.78, 5) is 14.9. The van der Waals surface area contributed by atoms with Crippen LogP contribution in [0, 0.1) is 0 Å². The molecule has 1 N–H and O–H groups in total. The van der Waals surface area contributed by atoms with Crippen LogP contribution in [0.3, 0.4) is 0 Å². The smallest absolute Gasteiger partial charge is 0.238 e. The van der Waals surface area contributed by atoms with E-state index in [2.05, 4.69) is 29.2 Å². The van der Waals surface area contributed by atoms with E-state index in [1.54, 1.807) is 25.1 Å². The van der Waals surface area contributed by atoms with Gasteiger partial charge in [0, 0.05) is 38.7 Å². The van der Waals surface area contributed by atoms with Gasteiger partial charge < -0.3 is 19.5 Å². The molecule has 5 rings (SSSR count). The van der Waals surface area contributed by atoms with Crippen molar-refractivity contribution in [1.82, 2.24) is 5.01 Å². The molecule has 1 fully saturated rings. The van der Waals surface area contributed by atoms with E-state index in [1.165, 1.54) is 11.1 Å². The van der Waals surface area contributed by atoms with Crippen LogP contribution in [-0.4, -0.2) is 56.0 Å². The van der Waals surface area contributed by atoms with E-state index in [4.69, 9.17) is 9.47 Å². The molecule has 7 heteroatoms. The van der Waals surface area contributed by atoms with Gasteiger partial charge in [0.25, 0.3) is 0 Å². The van der Waals surface area contributed by atoms with E-state index < -0.39 is 0 Å². The van der Waals surface area contributed by atoms with Crippen LogP contribution in [0.4, 0.5) is 11.4 Å². The number of phenols is 1. The highest BCUT2D eigenvalue weighted by Gasteiger charge is 2.29. The Hall–Kier alpha value is -3.55. The molecule has 1 unspecified atom stereocenters. The molecule has 0 aliphatic carbocycles. The van der Waals surface area contributed by atoms with Crippen LogP contribution in [0.25, 0.3) is 0 Å². The molecule has 0 bridgehead atoms. The molecule has 2 heterocycles. The first kappa shape index (κ1) is 24.2. The Morgan fingerprint density at radius 1 is 1.06 bits per heavy atom. The molecular formula is C29H33N3O4. The molecule has 7 nitrogen and oxygen atoms in total. The summed E-state index contributed by atoms with van der Waals surface area (Å²) >= 11 is 0. The van der Waals surface area contributed by atoms with Crippen molar-refractivity contribution < 1.29 is 19.4 Å². The quantitative estimate of drug-likeness (QED) is 0.558. The first-order valence-electron chi connectivity index (χ1n) is 12.5. The maximum Gasteiger partial charge on any atom is 0.238 e. The van der Waals surface area contributed by atoms with E-state index in [0.717, 1.165) is 35.7 Å². The maximum absolute atomic E-state index is 12.5. The summed E-state index contributed by atoms with van der Waals surface area (Å²) < 4.78 is 10.9. The van der Waals surface area contributed by atoms with Gasteiger partial charge in [0.05, 0.1) is 32.1 Å². The number of nitrogens with zero attached hydrogens (tertiary/aromatic N) is 3. The molecule has 1 saturated heterocycles. The second kappa shape index (κ2) is 10.6. The fourth-order valence-electron chi connectivity index (χ4n) is 5.32. The highest BCUT2D eigenvalue weighted by atomic mass is 16.5. The van der Waals surface area contributed by atoms with Crippen LogP contribution in [0.5, 0.6) is 11.5 Å². The van der Waals surface area contributed by atoms with E-state index in [1.807, 2.05) is 41.4 Å². The molecule has 0 radical (unpaired) electrons. The summed E-state index contributed by atoms with van der Waals surface area (Å²) in [6.45, 7) is 5.06. The van der Waals surface area contributed by atoms with Gasteiger partial charge in [0.2, 0.25) is 5.91 Å². The van der Waals surface area contributed by atoms with Gasteiger partial charge in [-0.15, -0.1) is 0 Å². The average Bonchev–Trinajstić information content (AvgIpc) is 2.91. The van der Waals surface area contributed by atoms with E-state index in [9.17, 15) is 9.90 Å². The van der Waals surface area contributed by atoms with Crippen molar-refractivity contribution in [2.24, 2.45) is 0 Å². The third kappa shape index (κ3) is 4.90. The Bertz CT molecular complexity index is 1210. The van der Waals surface area contributed by atoms with Crippen LogP contribution in [0.15, 0.2) is 66.7 Å². The number of anilines is 2. The number of amides is 1. The lowest BCUT2D eigenvalue weighted by Gasteiger charge is -2.40. The molecule has 2 aliphatic rings. The number of carbonyl (C=O) groups excluding carboxylic acids is 1. The zero-order valence-electron chi connectivity index (χ0n) is 20.9. The third-order valence-electron chi connectivity index (χ3n) is 7.11. The number of ether oxygens (including phenoxy) is 2. The van der Waals surface area contributed by atoms with Gasteiger partial charge in [-0.2, -0.15) is 0 Å². The van der Waals surface area contributed by atoms with Gasteiger partial charge in [-0.3, -0.25) is 4.79 Å². The SMILES string of the molecule is COc1ccc2c(c1)CCN(c1ccc(N(C(C)=O)N3CCOCC3)cc1)C2Cc1ccccc1O. The van der Waals surface area contributed by atoms with Crippen molar-refractivity contribution in [2.75, 3.05) is 49.9 Å². The van der Waals surface area contributed by atoms with Gasteiger partial charge in [-0.05, 0) is 65.6 Å². The molecule has 2 aliphatic heterocycles. The summed E-state index contributed by atoms with van der Waals surface area (Å²) in [7, 11) is 1.69. The fourth-order valence-corrected chi connectivity index (χ4v) is 5.32. The lowest BCUT2D eigenvalue weighted by Crippen LogP contribution is -2.51. The average molecular weight is 488 g/mol. The Kier molecular flexibility index (Phi) is 7.11. The Morgan fingerprint density at radius 3 is 2.50 bits per heavy atom. The summed E-state index contributed by atoms with van der Waals surface area (Å²) in [5.74, 6) is 1.17. The number of carbonyl (C=O) groups is 1. The van der Waals surface area contributed by atoms with E-state index in [0.29, 0.717) is 38.5 Å². The van der Waals surface area contributed by atoms with Gasteiger partial charge in [0.1, 0.15) is 11.5 Å². The zero-order chi connectivity index (χ0) is 25.1. The summed E-state index contributed by atoms with van der Waals surface area (Å²) in [6, 6.07) is 22.1. The predicted octanol–water partition coefficient (Wildman–Crippen LogP) is 4.35. The molecule has 1 atom stereocenters. The highest BCUT2D eigenvalue weighted by molar-refractivity contribution is 5.90. The Labute approximate surface area is 212 Å². The number of rotatable bonds is 6.